The van der Waals surface area contributed by atoms with E-state index in [2.05, 4.69) is 5.32 Å². The van der Waals surface area contributed by atoms with Crippen molar-refractivity contribution in [2.45, 2.75) is 17.4 Å². The van der Waals surface area contributed by atoms with Crippen LogP contribution in [0.4, 0.5) is 0 Å². The Morgan fingerprint density at radius 2 is 1.91 bits per heavy atom. The molecule has 0 aliphatic carbocycles. The number of nitrogens with one attached hydrogen (secondary N) is 1. The highest BCUT2D eigenvalue weighted by atomic mass is 32.2. The second-order valence-corrected chi connectivity index (χ2v) is 9.54. The van der Waals surface area contributed by atoms with Crippen LogP contribution in [0.1, 0.15) is 16.8 Å². The summed E-state index contributed by atoms with van der Waals surface area (Å²) in [6.07, 6.45) is 0.287. The lowest BCUT2D eigenvalue weighted by Crippen LogP contribution is -2.44. The number of carbonyl (C=O) groups is 2. The van der Waals surface area contributed by atoms with Crippen LogP contribution in [-0.4, -0.2) is 57.0 Å². The van der Waals surface area contributed by atoms with Gasteiger partial charge in [-0.3, -0.25) is 9.59 Å². The molecular formula is C13H14N2O6S2. The van der Waals surface area contributed by atoms with Gasteiger partial charge in [0, 0.05) is 6.04 Å². The predicted molar refractivity (Wildman–Crippen MR) is 79.9 cm³/mol. The maximum Gasteiger partial charge on any atom is 0.269 e. The number of amides is 2. The van der Waals surface area contributed by atoms with E-state index in [9.17, 15) is 26.4 Å². The summed E-state index contributed by atoms with van der Waals surface area (Å²) < 4.78 is 47.8. The van der Waals surface area contributed by atoms with Crippen LogP contribution in [0.2, 0.25) is 0 Å². The Kier molecular flexibility index (Phi) is 3.68. The standard InChI is InChI=1S/C13H14N2O6S2/c16-12(14-9-5-6-22(18,19)8-9)7-15-13(17)10-3-1-2-4-11(10)23(15,20)21/h1-4,9H,5-8H2,(H,14,16)/t9-/m1/s1. The fourth-order valence-corrected chi connectivity index (χ4v) is 5.90. The number of sulfonamides is 1. The molecule has 1 N–H and O–H groups in total. The molecule has 8 nitrogen and oxygen atoms in total. The minimum absolute atomic E-state index is 0.00959. The van der Waals surface area contributed by atoms with Crippen LogP contribution in [0.25, 0.3) is 0 Å². The minimum atomic E-state index is -4.04. The van der Waals surface area contributed by atoms with Gasteiger partial charge in [-0.25, -0.2) is 21.1 Å². The summed E-state index contributed by atoms with van der Waals surface area (Å²) in [6.45, 7) is -0.660. The first-order valence-electron chi connectivity index (χ1n) is 6.86. The molecule has 0 radical (unpaired) electrons. The molecule has 3 rings (SSSR count). The van der Waals surface area contributed by atoms with Gasteiger partial charge in [0.25, 0.3) is 15.9 Å². The highest BCUT2D eigenvalue weighted by molar-refractivity contribution is 7.91. The summed E-state index contributed by atoms with van der Waals surface area (Å²) in [6, 6.07) is 5.19. The fraction of sp³-hybridized carbons (Fsp3) is 0.385. The molecular weight excluding hydrogens is 344 g/mol. The molecule has 2 amide bonds. The number of hydrogen-bond donors (Lipinski definition) is 1. The Labute approximate surface area is 133 Å². The molecule has 1 saturated heterocycles. The van der Waals surface area contributed by atoms with Crippen LogP contribution < -0.4 is 5.32 Å². The second kappa shape index (κ2) is 5.31. The summed E-state index contributed by atoms with van der Waals surface area (Å²) >= 11 is 0. The minimum Gasteiger partial charge on any atom is -0.351 e. The molecule has 2 heterocycles. The van der Waals surface area contributed by atoms with E-state index in [0.29, 0.717) is 4.31 Å². The van der Waals surface area contributed by atoms with Crippen molar-refractivity contribution in [2.75, 3.05) is 18.1 Å². The van der Waals surface area contributed by atoms with E-state index >= 15 is 0 Å². The van der Waals surface area contributed by atoms with Crippen LogP contribution in [0.5, 0.6) is 0 Å². The number of carbonyl (C=O) groups excluding carboxylic acids is 2. The SMILES string of the molecule is O=C(CN1C(=O)c2ccccc2S1(=O)=O)N[C@@H]1CCS(=O)(=O)C1. The van der Waals surface area contributed by atoms with E-state index in [0.717, 1.165) is 0 Å². The lowest BCUT2D eigenvalue weighted by atomic mass is 10.2. The van der Waals surface area contributed by atoms with E-state index in [4.69, 9.17) is 0 Å². The van der Waals surface area contributed by atoms with Gasteiger partial charge in [0.1, 0.15) is 11.4 Å². The third kappa shape index (κ3) is 2.83. The lowest BCUT2D eigenvalue weighted by Gasteiger charge is -2.16. The molecule has 0 aromatic heterocycles. The topological polar surface area (TPSA) is 118 Å². The zero-order valence-corrected chi connectivity index (χ0v) is 13.6. The number of sulfone groups is 1. The normalized spacial score (nSPS) is 24.4. The monoisotopic (exact) mass is 358 g/mol. The largest absolute Gasteiger partial charge is 0.351 e. The third-order valence-electron chi connectivity index (χ3n) is 3.80. The first kappa shape index (κ1) is 15.9. The number of rotatable bonds is 3. The van der Waals surface area contributed by atoms with Crippen molar-refractivity contribution in [1.82, 2.24) is 9.62 Å². The Bertz CT molecular complexity index is 891. The molecule has 0 unspecified atom stereocenters. The van der Waals surface area contributed by atoms with Crippen molar-refractivity contribution in [3.05, 3.63) is 29.8 Å². The molecule has 0 saturated carbocycles. The summed E-state index contributed by atoms with van der Waals surface area (Å²) in [5.41, 5.74) is 0.0312. The maximum atomic E-state index is 12.3. The van der Waals surface area contributed by atoms with Crippen molar-refractivity contribution in [3.8, 4) is 0 Å². The second-order valence-electron chi connectivity index (χ2n) is 5.48. The van der Waals surface area contributed by atoms with Crippen molar-refractivity contribution >= 4 is 31.7 Å². The summed E-state index contributed by atoms with van der Waals surface area (Å²) in [5.74, 6) is -1.63. The van der Waals surface area contributed by atoms with E-state index in [1.165, 1.54) is 18.2 Å². The molecule has 1 aromatic carbocycles. The zero-order chi connectivity index (χ0) is 16.8. The predicted octanol–water partition coefficient (Wildman–Crippen LogP) is -0.866. The third-order valence-corrected chi connectivity index (χ3v) is 7.35. The van der Waals surface area contributed by atoms with Crippen molar-refractivity contribution in [1.29, 1.82) is 0 Å². The molecule has 0 bridgehead atoms. The van der Waals surface area contributed by atoms with Crippen LogP contribution in [-0.2, 0) is 24.7 Å². The van der Waals surface area contributed by atoms with Gasteiger partial charge in [-0.1, -0.05) is 12.1 Å². The quantitative estimate of drug-likeness (QED) is 0.751. The van der Waals surface area contributed by atoms with Gasteiger partial charge in [0.2, 0.25) is 5.91 Å². The molecule has 10 heteroatoms. The molecule has 1 fully saturated rings. The van der Waals surface area contributed by atoms with Gasteiger partial charge >= 0.3 is 0 Å². The molecule has 1 atom stereocenters. The average molecular weight is 358 g/mol. The van der Waals surface area contributed by atoms with Gasteiger partial charge in [-0.05, 0) is 18.6 Å². The Morgan fingerprint density at radius 3 is 2.52 bits per heavy atom. The van der Waals surface area contributed by atoms with Gasteiger partial charge in [0.05, 0.1) is 17.1 Å². The molecule has 124 valence electrons. The fourth-order valence-electron chi connectivity index (χ4n) is 2.70. The molecule has 23 heavy (non-hydrogen) atoms. The van der Waals surface area contributed by atoms with Gasteiger partial charge in [-0.15, -0.1) is 0 Å². The molecule has 2 aliphatic heterocycles. The van der Waals surface area contributed by atoms with Gasteiger partial charge in [0.15, 0.2) is 9.84 Å². The first-order chi connectivity index (χ1) is 10.7. The Hall–Kier alpha value is -1.94. The highest BCUT2D eigenvalue weighted by Crippen LogP contribution is 2.29. The van der Waals surface area contributed by atoms with Crippen LogP contribution in [0, 0.1) is 0 Å². The van der Waals surface area contributed by atoms with Crippen molar-refractivity contribution in [3.63, 3.8) is 0 Å². The number of fused-ring (bicyclic) bond motifs is 1. The van der Waals surface area contributed by atoms with Gasteiger partial charge in [-0.2, -0.15) is 0 Å². The van der Waals surface area contributed by atoms with Crippen LogP contribution in [0.15, 0.2) is 29.2 Å². The molecule has 0 spiro atoms. The van der Waals surface area contributed by atoms with Gasteiger partial charge < -0.3 is 5.32 Å². The smallest absolute Gasteiger partial charge is 0.269 e. The van der Waals surface area contributed by atoms with E-state index in [1.807, 2.05) is 0 Å². The lowest BCUT2D eigenvalue weighted by molar-refractivity contribution is -0.121. The van der Waals surface area contributed by atoms with E-state index in [1.54, 1.807) is 6.07 Å². The van der Waals surface area contributed by atoms with E-state index < -0.39 is 44.3 Å². The highest BCUT2D eigenvalue weighted by Gasteiger charge is 2.42. The zero-order valence-electron chi connectivity index (χ0n) is 11.9. The number of hydrogen-bond acceptors (Lipinski definition) is 6. The van der Waals surface area contributed by atoms with Crippen LogP contribution >= 0.6 is 0 Å². The summed E-state index contributed by atoms with van der Waals surface area (Å²) in [7, 11) is -7.20. The Morgan fingerprint density at radius 1 is 1.22 bits per heavy atom. The van der Waals surface area contributed by atoms with E-state index in [-0.39, 0.29) is 28.4 Å². The van der Waals surface area contributed by atoms with Crippen molar-refractivity contribution < 1.29 is 26.4 Å². The number of benzene rings is 1. The van der Waals surface area contributed by atoms with Crippen LogP contribution in [0.3, 0.4) is 0 Å². The number of nitrogens with zero attached hydrogens (tertiary/aromatic N) is 1. The molecule has 1 aromatic rings. The summed E-state index contributed by atoms with van der Waals surface area (Å²) in [4.78, 5) is 24.0. The first-order valence-corrected chi connectivity index (χ1v) is 10.1. The summed E-state index contributed by atoms with van der Waals surface area (Å²) in [5, 5.41) is 2.47. The Balaban J connectivity index is 1.74. The molecule has 2 aliphatic rings. The average Bonchev–Trinajstić information content (AvgIpc) is 2.90. The van der Waals surface area contributed by atoms with Crippen molar-refractivity contribution in [2.24, 2.45) is 0 Å². The maximum absolute atomic E-state index is 12.3.